The molecule has 0 radical (unpaired) electrons. The predicted octanol–water partition coefficient (Wildman–Crippen LogP) is 0.261. The Morgan fingerprint density at radius 3 is 2.57 bits per heavy atom. The van der Waals surface area contributed by atoms with Gasteiger partial charge in [0.25, 0.3) is 0 Å². The van der Waals surface area contributed by atoms with Crippen LogP contribution in [-0.2, 0) is 14.6 Å². The molecule has 1 unspecified atom stereocenters. The van der Waals surface area contributed by atoms with Crippen molar-refractivity contribution in [3.63, 3.8) is 0 Å². The first-order valence-corrected chi connectivity index (χ1v) is 6.77. The third kappa shape index (κ3) is 3.22. The molecule has 0 aromatic heterocycles. The highest BCUT2D eigenvalue weighted by Crippen LogP contribution is 2.17. The van der Waals surface area contributed by atoms with Crippen LogP contribution in [0.15, 0.2) is 0 Å². The Kier molecular flexibility index (Phi) is 3.92. The Bertz CT molecular complexity index is 315. The van der Waals surface area contributed by atoms with Crippen LogP contribution in [0.2, 0.25) is 0 Å². The molecule has 0 N–H and O–H groups in total. The summed E-state index contributed by atoms with van der Waals surface area (Å²) in [5, 5.41) is -0.434. The van der Waals surface area contributed by atoms with Crippen LogP contribution in [0.3, 0.4) is 0 Å². The lowest BCUT2D eigenvalue weighted by Crippen LogP contribution is -2.38. The molecule has 0 bridgehead atoms. The predicted molar refractivity (Wildman–Crippen MR) is 55.2 cm³/mol. The maximum absolute atomic E-state index is 11.2. The lowest BCUT2D eigenvalue weighted by molar-refractivity contribution is -0.113. The number of hydrogen-bond acceptors (Lipinski definition) is 4. The van der Waals surface area contributed by atoms with E-state index in [1.54, 1.807) is 0 Å². The SMILES string of the molecule is CCN(CC(=O)Cl)C1CCS(=O)(=O)C1. The van der Waals surface area contributed by atoms with Gasteiger partial charge in [-0.3, -0.25) is 9.69 Å². The summed E-state index contributed by atoms with van der Waals surface area (Å²) < 4.78 is 22.4. The van der Waals surface area contributed by atoms with Crippen LogP contribution in [0.5, 0.6) is 0 Å². The molecule has 6 heteroatoms. The fourth-order valence-electron chi connectivity index (χ4n) is 1.72. The molecule has 1 saturated heterocycles. The highest BCUT2D eigenvalue weighted by Gasteiger charge is 2.31. The number of nitrogens with zero attached hydrogens (tertiary/aromatic N) is 1. The van der Waals surface area contributed by atoms with E-state index < -0.39 is 15.1 Å². The van der Waals surface area contributed by atoms with Crippen molar-refractivity contribution in [1.82, 2.24) is 4.90 Å². The van der Waals surface area contributed by atoms with Crippen molar-refractivity contribution in [3.8, 4) is 0 Å². The molecule has 4 nitrogen and oxygen atoms in total. The molecule has 0 aromatic carbocycles. The van der Waals surface area contributed by atoms with Gasteiger partial charge in [-0.05, 0) is 24.6 Å². The number of sulfone groups is 1. The van der Waals surface area contributed by atoms with Crippen LogP contribution < -0.4 is 0 Å². The van der Waals surface area contributed by atoms with Gasteiger partial charge in [0, 0.05) is 6.04 Å². The standard InChI is InChI=1S/C8H14ClNO3S/c1-2-10(5-8(9)11)7-3-4-14(12,13)6-7/h7H,2-6H2,1H3. The number of carbonyl (C=O) groups is 1. The van der Waals surface area contributed by atoms with Crippen molar-refractivity contribution in [2.75, 3.05) is 24.6 Å². The second kappa shape index (κ2) is 4.59. The zero-order chi connectivity index (χ0) is 10.8. The average Bonchev–Trinajstić information content (AvgIpc) is 2.41. The fourth-order valence-corrected chi connectivity index (χ4v) is 3.64. The number of hydrogen-bond donors (Lipinski definition) is 0. The van der Waals surface area contributed by atoms with Gasteiger partial charge in [0.2, 0.25) is 5.24 Å². The van der Waals surface area contributed by atoms with Crippen LogP contribution in [-0.4, -0.2) is 49.2 Å². The molecule has 1 fully saturated rings. The minimum Gasteiger partial charge on any atom is -0.291 e. The Hall–Kier alpha value is -0.130. The van der Waals surface area contributed by atoms with Crippen molar-refractivity contribution in [3.05, 3.63) is 0 Å². The van der Waals surface area contributed by atoms with Gasteiger partial charge in [0.1, 0.15) is 0 Å². The smallest absolute Gasteiger partial charge is 0.235 e. The lowest BCUT2D eigenvalue weighted by Gasteiger charge is -2.24. The molecule has 1 rings (SSSR count). The Morgan fingerprint density at radius 1 is 1.57 bits per heavy atom. The second-order valence-electron chi connectivity index (χ2n) is 3.48. The normalized spacial score (nSPS) is 25.5. The maximum atomic E-state index is 11.2. The zero-order valence-electron chi connectivity index (χ0n) is 8.07. The summed E-state index contributed by atoms with van der Waals surface area (Å²) in [4.78, 5) is 12.5. The number of carbonyl (C=O) groups excluding carboxylic acids is 1. The molecule has 82 valence electrons. The molecule has 0 spiro atoms. The van der Waals surface area contributed by atoms with Crippen molar-refractivity contribution < 1.29 is 13.2 Å². The van der Waals surface area contributed by atoms with Gasteiger partial charge in [-0.15, -0.1) is 0 Å². The Labute approximate surface area is 89.1 Å². The molecule has 0 aromatic rings. The molecular formula is C8H14ClNO3S. The maximum Gasteiger partial charge on any atom is 0.235 e. The highest BCUT2D eigenvalue weighted by atomic mass is 35.5. The van der Waals surface area contributed by atoms with Crippen molar-refractivity contribution in [2.24, 2.45) is 0 Å². The summed E-state index contributed by atoms with van der Waals surface area (Å²) >= 11 is 5.27. The number of likely N-dealkylation sites (N-methyl/N-ethyl adjacent to an activating group) is 1. The Morgan fingerprint density at radius 2 is 2.21 bits per heavy atom. The molecular weight excluding hydrogens is 226 g/mol. The fraction of sp³-hybridized carbons (Fsp3) is 0.875. The van der Waals surface area contributed by atoms with E-state index in [-0.39, 0.29) is 24.1 Å². The van der Waals surface area contributed by atoms with Crippen LogP contribution in [0.1, 0.15) is 13.3 Å². The quantitative estimate of drug-likeness (QED) is 0.661. The minimum atomic E-state index is -2.88. The van der Waals surface area contributed by atoms with Gasteiger partial charge >= 0.3 is 0 Å². The summed E-state index contributed by atoms with van der Waals surface area (Å²) in [6.07, 6.45) is 0.611. The molecule has 0 saturated carbocycles. The van der Waals surface area contributed by atoms with E-state index >= 15 is 0 Å². The third-order valence-electron chi connectivity index (χ3n) is 2.46. The second-order valence-corrected chi connectivity index (χ2v) is 6.13. The van der Waals surface area contributed by atoms with E-state index in [0.29, 0.717) is 13.0 Å². The highest BCUT2D eigenvalue weighted by molar-refractivity contribution is 7.91. The first-order chi connectivity index (χ1) is 6.44. The molecule has 1 atom stereocenters. The number of halogens is 1. The third-order valence-corrected chi connectivity index (χ3v) is 4.33. The molecule has 1 aliphatic heterocycles. The average molecular weight is 240 g/mol. The topological polar surface area (TPSA) is 54.5 Å². The zero-order valence-corrected chi connectivity index (χ0v) is 9.64. The van der Waals surface area contributed by atoms with Crippen LogP contribution >= 0.6 is 11.6 Å². The van der Waals surface area contributed by atoms with E-state index in [1.165, 1.54) is 0 Å². The van der Waals surface area contributed by atoms with E-state index in [1.807, 2.05) is 11.8 Å². The van der Waals surface area contributed by atoms with Gasteiger partial charge in [-0.25, -0.2) is 8.42 Å². The van der Waals surface area contributed by atoms with Gasteiger partial charge in [0.15, 0.2) is 9.84 Å². The molecule has 0 amide bonds. The first-order valence-electron chi connectivity index (χ1n) is 4.57. The van der Waals surface area contributed by atoms with Gasteiger partial charge in [0.05, 0.1) is 18.1 Å². The van der Waals surface area contributed by atoms with Crippen molar-refractivity contribution in [1.29, 1.82) is 0 Å². The summed E-state index contributed by atoms with van der Waals surface area (Å²) in [7, 11) is -2.88. The van der Waals surface area contributed by atoms with Crippen molar-refractivity contribution in [2.45, 2.75) is 19.4 Å². The van der Waals surface area contributed by atoms with E-state index in [9.17, 15) is 13.2 Å². The van der Waals surface area contributed by atoms with Gasteiger partial charge < -0.3 is 0 Å². The molecule has 1 aliphatic rings. The molecule has 1 heterocycles. The monoisotopic (exact) mass is 239 g/mol. The summed E-state index contributed by atoms with van der Waals surface area (Å²) in [6.45, 7) is 2.68. The Balaban J connectivity index is 2.59. The van der Waals surface area contributed by atoms with E-state index in [2.05, 4.69) is 0 Å². The van der Waals surface area contributed by atoms with Crippen LogP contribution in [0.25, 0.3) is 0 Å². The lowest BCUT2D eigenvalue weighted by atomic mass is 10.2. The summed E-state index contributed by atoms with van der Waals surface area (Å²) in [5.41, 5.74) is 0. The largest absolute Gasteiger partial charge is 0.291 e. The summed E-state index contributed by atoms with van der Waals surface area (Å²) in [5.74, 6) is 0.385. The molecule has 0 aliphatic carbocycles. The molecule has 14 heavy (non-hydrogen) atoms. The number of rotatable bonds is 4. The van der Waals surface area contributed by atoms with Crippen LogP contribution in [0, 0.1) is 0 Å². The van der Waals surface area contributed by atoms with Gasteiger partial charge in [-0.1, -0.05) is 6.92 Å². The van der Waals surface area contributed by atoms with Gasteiger partial charge in [-0.2, -0.15) is 0 Å². The summed E-state index contributed by atoms with van der Waals surface area (Å²) in [6, 6.07) is -0.0345. The van der Waals surface area contributed by atoms with E-state index in [0.717, 1.165) is 0 Å². The first kappa shape index (κ1) is 11.9. The van der Waals surface area contributed by atoms with Crippen molar-refractivity contribution >= 4 is 26.7 Å². The van der Waals surface area contributed by atoms with Crippen LogP contribution in [0.4, 0.5) is 0 Å². The minimum absolute atomic E-state index is 0.0345. The van der Waals surface area contributed by atoms with E-state index in [4.69, 9.17) is 11.6 Å².